The van der Waals surface area contributed by atoms with Crippen molar-refractivity contribution in [1.82, 2.24) is 9.78 Å². The Morgan fingerprint density at radius 2 is 2.03 bits per heavy atom. The molecule has 0 saturated heterocycles. The average Bonchev–Trinajstić information content (AvgIpc) is 3.57. The Hall–Kier alpha value is -4.42. The molecule has 35 heavy (non-hydrogen) atoms. The lowest BCUT2D eigenvalue weighted by Gasteiger charge is -2.03. The minimum Gasteiger partial charge on any atom is -0.452 e. The van der Waals surface area contributed by atoms with Crippen LogP contribution in [0.5, 0.6) is 0 Å². The standard InChI is InChI=1S/C26H22N4O4S/c1-17-18(2)34-26(21(17)13-27)28-23(31)16-33-24(32)11-10-20-15-30(14-19-7-4-3-5-8-19)29-25(20)22-9-6-12-35-22/h3-12,15H,14,16H2,1-2H3,(H,28,31)/b11-10+. The molecule has 0 fully saturated rings. The van der Waals surface area contributed by atoms with Gasteiger partial charge in [-0.25, -0.2) is 4.79 Å². The smallest absolute Gasteiger partial charge is 0.331 e. The Morgan fingerprint density at radius 1 is 1.23 bits per heavy atom. The monoisotopic (exact) mass is 486 g/mol. The van der Waals surface area contributed by atoms with Crippen LogP contribution in [-0.4, -0.2) is 28.3 Å². The zero-order valence-electron chi connectivity index (χ0n) is 19.1. The highest BCUT2D eigenvalue weighted by Crippen LogP contribution is 2.28. The number of furan rings is 1. The van der Waals surface area contributed by atoms with Gasteiger partial charge in [-0.05, 0) is 36.9 Å². The van der Waals surface area contributed by atoms with Gasteiger partial charge in [-0.2, -0.15) is 10.4 Å². The van der Waals surface area contributed by atoms with E-state index >= 15 is 0 Å². The van der Waals surface area contributed by atoms with Crippen LogP contribution in [0.15, 0.2) is 64.5 Å². The number of hydrogen-bond acceptors (Lipinski definition) is 7. The summed E-state index contributed by atoms with van der Waals surface area (Å²) in [6, 6.07) is 15.9. The first-order chi connectivity index (χ1) is 16.9. The Labute approximate surface area is 206 Å². The first kappa shape index (κ1) is 23.7. The van der Waals surface area contributed by atoms with Gasteiger partial charge in [-0.3, -0.25) is 14.8 Å². The van der Waals surface area contributed by atoms with Crippen molar-refractivity contribution in [3.63, 3.8) is 0 Å². The summed E-state index contributed by atoms with van der Waals surface area (Å²) in [4.78, 5) is 25.4. The molecule has 176 valence electrons. The number of anilines is 1. The van der Waals surface area contributed by atoms with Crippen molar-refractivity contribution in [2.45, 2.75) is 20.4 Å². The minimum atomic E-state index is -0.680. The Bertz CT molecular complexity index is 1410. The van der Waals surface area contributed by atoms with Crippen molar-refractivity contribution in [1.29, 1.82) is 5.26 Å². The number of amides is 1. The van der Waals surface area contributed by atoms with Gasteiger partial charge in [0.2, 0.25) is 5.88 Å². The molecular formula is C26H22N4O4S. The molecule has 0 saturated carbocycles. The molecule has 0 aliphatic carbocycles. The van der Waals surface area contributed by atoms with Crippen molar-refractivity contribution in [2.24, 2.45) is 0 Å². The van der Waals surface area contributed by atoms with E-state index in [0.29, 0.717) is 17.9 Å². The number of rotatable bonds is 8. The average molecular weight is 487 g/mol. The third-order valence-electron chi connectivity index (χ3n) is 5.23. The van der Waals surface area contributed by atoms with E-state index in [2.05, 4.69) is 5.32 Å². The van der Waals surface area contributed by atoms with Crippen LogP contribution in [0.3, 0.4) is 0 Å². The van der Waals surface area contributed by atoms with Gasteiger partial charge in [-0.15, -0.1) is 11.3 Å². The van der Waals surface area contributed by atoms with Gasteiger partial charge >= 0.3 is 5.97 Å². The maximum absolute atomic E-state index is 12.3. The number of aromatic nitrogens is 2. The van der Waals surface area contributed by atoms with Gasteiger partial charge in [0, 0.05) is 23.4 Å². The molecule has 4 rings (SSSR count). The number of nitrogens with zero attached hydrogens (tertiary/aromatic N) is 3. The molecule has 3 heterocycles. The normalized spacial score (nSPS) is 10.9. The second-order valence-corrected chi connectivity index (χ2v) is 8.63. The van der Waals surface area contributed by atoms with Crippen LogP contribution in [0.25, 0.3) is 16.6 Å². The van der Waals surface area contributed by atoms with Gasteiger partial charge in [0.15, 0.2) is 6.61 Å². The van der Waals surface area contributed by atoms with Crippen LogP contribution in [0.2, 0.25) is 0 Å². The first-order valence-corrected chi connectivity index (χ1v) is 11.6. The molecule has 0 atom stereocenters. The van der Waals surface area contributed by atoms with Crippen LogP contribution in [0, 0.1) is 25.2 Å². The first-order valence-electron chi connectivity index (χ1n) is 10.7. The molecule has 0 unspecified atom stereocenters. The summed E-state index contributed by atoms with van der Waals surface area (Å²) in [6.07, 6.45) is 4.75. The van der Waals surface area contributed by atoms with Gasteiger partial charge in [-0.1, -0.05) is 36.4 Å². The number of nitrogens with one attached hydrogen (secondary N) is 1. The Balaban J connectivity index is 1.41. The molecule has 9 heteroatoms. The molecule has 0 aliphatic rings. The molecule has 1 N–H and O–H groups in total. The lowest BCUT2D eigenvalue weighted by molar-refractivity contribution is -0.142. The van der Waals surface area contributed by atoms with E-state index in [1.54, 1.807) is 31.3 Å². The highest BCUT2D eigenvalue weighted by molar-refractivity contribution is 7.13. The Morgan fingerprint density at radius 3 is 2.74 bits per heavy atom. The van der Waals surface area contributed by atoms with E-state index in [0.717, 1.165) is 21.7 Å². The van der Waals surface area contributed by atoms with Crippen LogP contribution < -0.4 is 5.32 Å². The summed E-state index contributed by atoms with van der Waals surface area (Å²) in [7, 11) is 0. The number of carbonyl (C=O) groups is 2. The number of ether oxygens (including phenoxy) is 1. The lowest BCUT2D eigenvalue weighted by Crippen LogP contribution is -2.20. The highest BCUT2D eigenvalue weighted by Gasteiger charge is 2.17. The number of benzene rings is 1. The summed E-state index contributed by atoms with van der Waals surface area (Å²) in [6.45, 7) is 3.50. The lowest BCUT2D eigenvalue weighted by atomic mass is 10.2. The fourth-order valence-corrected chi connectivity index (χ4v) is 4.10. The van der Waals surface area contributed by atoms with Crippen molar-refractivity contribution in [3.8, 4) is 16.6 Å². The SMILES string of the molecule is Cc1oc(NC(=O)COC(=O)/C=C/c2cn(Cc3ccccc3)nc2-c2cccs2)c(C#N)c1C. The molecule has 1 aromatic carbocycles. The van der Waals surface area contributed by atoms with Crippen molar-refractivity contribution in [3.05, 3.63) is 88.1 Å². The van der Waals surface area contributed by atoms with E-state index in [-0.39, 0.29) is 11.4 Å². The summed E-state index contributed by atoms with van der Waals surface area (Å²) < 4.78 is 12.3. The molecule has 3 aromatic heterocycles. The van der Waals surface area contributed by atoms with Gasteiger partial charge in [0.1, 0.15) is 23.1 Å². The fraction of sp³-hybridized carbons (Fsp3) is 0.154. The second-order valence-electron chi connectivity index (χ2n) is 7.68. The van der Waals surface area contributed by atoms with Crippen LogP contribution in [-0.2, 0) is 20.9 Å². The summed E-state index contributed by atoms with van der Waals surface area (Å²) >= 11 is 1.55. The topological polar surface area (TPSA) is 110 Å². The molecule has 8 nitrogen and oxygen atoms in total. The minimum absolute atomic E-state index is 0.0468. The van der Waals surface area contributed by atoms with Crippen LogP contribution in [0.1, 0.15) is 28.0 Å². The van der Waals surface area contributed by atoms with Crippen LogP contribution >= 0.6 is 11.3 Å². The van der Waals surface area contributed by atoms with Gasteiger partial charge < -0.3 is 9.15 Å². The maximum atomic E-state index is 12.3. The third kappa shape index (κ3) is 5.75. The molecule has 0 radical (unpaired) electrons. The number of carbonyl (C=O) groups excluding carboxylic acids is 2. The molecule has 1 amide bonds. The number of esters is 1. The summed E-state index contributed by atoms with van der Waals surface area (Å²) in [5.41, 5.74) is 3.51. The number of thiophene rings is 1. The van der Waals surface area contributed by atoms with Crippen molar-refractivity contribution >= 4 is 35.2 Å². The number of aryl methyl sites for hydroxylation is 1. The zero-order valence-corrected chi connectivity index (χ0v) is 20.0. The Kier molecular flexibility index (Phi) is 7.24. The zero-order chi connectivity index (χ0) is 24.8. The van der Waals surface area contributed by atoms with Crippen molar-refractivity contribution < 1.29 is 18.7 Å². The molecule has 0 bridgehead atoms. The molecule has 4 aromatic rings. The van der Waals surface area contributed by atoms with E-state index in [1.807, 2.05) is 64.8 Å². The number of hydrogen-bond donors (Lipinski definition) is 1. The molecule has 0 aliphatic heterocycles. The largest absolute Gasteiger partial charge is 0.452 e. The number of nitriles is 1. The fourth-order valence-electron chi connectivity index (χ4n) is 3.37. The molecular weight excluding hydrogens is 464 g/mol. The van der Waals surface area contributed by atoms with Gasteiger partial charge in [0.25, 0.3) is 5.91 Å². The van der Waals surface area contributed by atoms with E-state index < -0.39 is 18.5 Å². The predicted octanol–water partition coefficient (Wildman–Crippen LogP) is 4.94. The molecule has 0 spiro atoms. The van der Waals surface area contributed by atoms with E-state index in [9.17, 15) is 14.9 Å². The van der Waals surface area contributed by atoms with E-state index in [4.69, 9.17) is 14.3 Å². The maximum Gasteiger partial charge on any atom is 0.331 e. The highest BCUT2D eigenvalue weighted by atomic mass is 32.1. The summed E-state index contributed by atoms with van der Waals surface area (Å²) in [5.74, 6) is -0.705. The van der Waals surface area contributed by atoms with E-state index in [1.165, 1.54) is 6.08 Å². The predicted molar refractivity (Wildman–Crippen MR) is 133 cm³/mol. The second kappa shape index (κ2) is 10.7. The summed E-state index contributed by atoms with van der Waals surface area (Å²) in [5, 5.41) is 18.4. The van der Waals surface area contributed by atoms with Crippen molar-refractivity contribution in [2.75, 3.05) is 11.9 Å². The quantitative estimate of drug-likeness (QED) is 0.279. The van der Waals surface area contributed by atoms with Crippen LogP contribution in [0.4, 0.5) is 5.88 Å². The van der Waals surface area contributed by atoms with Gasteiger partial charge in [0.05, 0.1) is 11.4 Å². The third-order valence-corrected chi connectivity index (χ3v) is 6.10.